The Kier molecular flexibility index (Phi) is 22.5. The van der Waals surface area contributed by atoms with E-state index in [2.05, 4.69) is 535 Å². The number of fused-ring (bicyclic) bond motifs is 12. The van der Waals surface area contributed by atoms with Crippen molar-refractivity contribution in [3.63, 3.8) is 0 Å². The fraction of sp³-hybridized carbons (Fsp3) is 0.0694. The van der Waals surface area contributed by atoms with E-state index in [0.29, 0.717) is 11.8 Å². The monoisotopic (exact) mass is 1920 g/mol. The van der Waals surface area contributed by atoms with E-state index in [4.69, 9.17) is 8.83 Å². The van der Waals surface area contributed by atoms with Crippen LogP contribution in [-0.2, 0) is 0 Å². The van der Waals surface area contributed by atoms with Gasteiger partial charge in [0.2, 0.25) is 0 Å². The molecule has 4 heterocycles. The van der Waals surface area contributed by atoms with Crippen LogP contribution in [0.2, 0.25) is 0 Å². The predicted molar refractivity (Wildman–Crippen MR) is 628 cm³/mol. The number of nitrogens with zero attached hydrogens (tertiary/aromatic N) is 4. The Labute approximate surface area is 873 Å². The van der Waals surface area contributed by atoms with E-state index in [-0.39, 0.29) is 6.04 Å². The van der Waals surface area contributed by atoms with Crippen molar-refractivity contribution in [3.05, 3.63) is 556 Å². The van der Waals surface area contributed by atoms with Crippen molar-refractivity contribution in [2.24, 2.45) is 0 Å². The molecule has 2 unspecified atom stereocenters. The predicted octanol–water partition coefficient (Wildman–Crippen LogP) is 39.7. The Hall–Kier alpha value is -18.8. The molecule has 3 atom stereocenters. The molecule has 0 aliphatic heterocycles. The highest BCUT2D eigenvalue weighted by molar-refractivity contribution is 6.14. The lowest BCUT2D eigenvalue weighted by Crippen LogP contribution is -2.18. The van der Waals surface area contributed by atoms with Crippen molar-refractivity contribution < 1.29 is 8.83 Å². The van der Waals surface area contributed by atoms with Crippen LogP contribution in [0.3, 0.4) is 0 Å². The van der Waals surface area contributed by atoms with Gasteiger partial charge in [-0.05, 0) is 307 Å². The molecule has 6 nitrogen and oxygen atoms in total. The summed E-state index contributed by atoms with van der Waals surface area (Å²) in [5, 5.41) is 9.42. The Morgan fingerprint density at radius 1 is 0.287 bits per heavy atom. The summed E-state index contributed by atoms with van der Waals surface area (Å²) in [6.07, 6.45) is 18.7. The molecule has 21 aromatic carbocycles. The Morgan fingerprint density at radius 3 is 1.37 bits per heavy atom. The molecule has 0 bridgehead atoms. The number of hydrogen-bond donors (Lipinski definition) is 0. The molecule has 710 valence electrons. The number of rotatable bonds is 21. The fourth-order valence-electron chi connectivity index (χ4n) is 24.7. The third-order valence-corrected chi connectivity index (χ3v) is 31.9. The van der Waals surface area contributed by atoms with E-state index < -0.39 is 0 Å². The van der Waals surface area contributed by atoms with E-state index in [0.717, 1.165) is 206 Å². The summed E-state index contributed by atoms with van der Waals surface area (Å²) in [6.45, 7) is 0. The van der Waals surface area contributed by atoms with Crippen LogP contribution in [0.25, 0.3) is 204 Å². The molecule has 0 N–H and O–H groups in total. The largest absolute Gasteiger partial charge is 0.455 e. The summed E-state index contributed by atoms with van der Waals surface area (Å²) in [4.78, 5) is 4.94. The van der Waals surface area contributed by atoms with Gasteiger partial charge in [-0.3, -0.25) is 0 Å². The summed E-state index contributed by atoms with van der Waals surface area (Å²) < 4.78 is 18.4. The minimum absolute atomic E-state index is 0.120. The molecule has 6 heteroatoms. The molecule has 28 rings (SSSR count). The lowest BCUT2D eigenvalue weighted by molar-refractivity contribution is 0.394. The number of anilines is 5. The maximum Gasteiger partial charge on any atom is 0.143 e. The topological polar surface area (TPSA) is 42.6 Å². The van der Waals surface area contributed by atoms with E-state index in [1.54, 1.807) is 0 Å². The van der Waals surface area contributed by atoms with Crippen molar-refractivity contribution in [2.75, 3.05) is 9.80 Å². The molecule has 0 radical (unpaired) electrons. The first kappa shape index (κ1) is 88.9. The van der Waals surface area contributed by atoms with Crippen LogP contribution in [0, 0.1) is 12.1 Å². The van der Waals surface area contributed by atoms with Gasteiger partial charge in [-0.15, -0.1) is 0 Å². The molecule has 0 spiro atoms. The van der Waals surface area contributed by atoms with Crippen LogP contribution in [0.5, 0.6) is 0 Å². The quantitative estimate of drug-likeness (QED) is 0.0719. The zero-order valence-electron chi connectivity index (χ0n) is 82.9. The number of benzene rings is 20. The first-order valence-electron chi connectivity index (χ1n) is 52.7. The van der Waals surface area contributed by atoms with Gasteiger partial charge in [-0.25, -0.2) is 0 Å². The average Bonchev–Trinajstić information content (AvgIpc) is 1.60. The van der Waals surface area contributed by atoms with Gasteiger partial charge in [-0.1, -0.05) is 395 Å². The highest BCUT2D eigenvalue weighted by atomic mass is 16.3. The Balaban J connectivity index is 0.464. The summed E-state index contributed by atoms with van der Waals surface area (Å²) >= 11 is 0. The van der Waals surface area contributed by atoms with Crippen LogP contribution in [0.4, 0.5) is 28.4 Å². The van der Waals surface area contributed by atoms with Crippen LogP contribution in [-0.4, -0.2) is 9.13 Å². The summed E-state index contributed by atoms with van der Waals surface area (Å²) in [6, 6.07) is 186. The number of allylic oxidation sites excluding steroid dienone is 8. The average molecular weight is 1920 g/mol. The third-order valence-electron chi connectivity index (χ3n) is 31.9. The molecule has 1 saturated carbocycles. The molecule has 3 aliphatic carbocycles. The molecule has 0 amide bonds. The van der Waals surface area contributed by atoms with Crippen molar-refractivity contribution in [1.82, 2.24) is 9.13 Å². The van der Waals surface area contributed by atoms with Crippen LogP contribution in [0.1, 0.15) is 85.1 Å². The van der Waals surface area contributed by atoms with Gasteiger partial charge in [0.25, 0.3) is 0 Å². The molecule has 150 heavy (non-hydrogen) atoms. The smallest absolute Gasteiger partial charge is 0.143 e. The van der Waals surface area contributed by atoms with Gasteiger partial charge in [0.05, 0.1) is 22.9 Å². The third kappa shape index (κ3) is 16.0. The second-order valence-electron chi connectivity index (χ2n) is 40.4. The van der Waals surface area contributed by atoms with Gasteiger partial charge in [0.15, 0.2) is 0 Å². The van der Waals surface area contributed by atoms with E-state index in [1.807, 2.05) is 12.1 Å². The van der Waals surface area contributed by atoms with Gasteiger partial charge < -0.3 is 27.8 Å². The zero-order valence-corrected chi connectivity index (χ0v) is 82.9. The van der Waals surface area contributed by atoms with Crippen molar-refractivity contribution in [3.8, 4) is 106 Å². The molecule has 4 aromatic heterocycles. The number of hydrogen-bond acceptors (Lipinski definition) is 4. The fourth-order valence-corrected chi connectivity index (χ4v) is 24.7. The van der Waals surface area contributed by atoms with Crippen LogP contribution in [0.15, 0.2) is 530 Å². The minimum atomic E-state index is 0.120. The maximum atomic E-state index is 6.68. The SMILES string of the molecule is c1ccc2c3cc(-c4ccc(-c5cccc(-c6ccccc6N(c6ccc(-c7cccc(C8=CC=CCC8n8c9ccccc9c9ccccc98)c7)cc6)c6ccc(-c7ccccc7-c7cccc8c7oc7ccccc78)cc6)c5)cc4)ccc3n(-c3ccccc3C3CCC[C@@H](c4ccc(N(C5=CC=C(c6ccccc6-c6cccc7c6oc6ccccc67)CC5)c5ccc(-c6cccc(-c7ccccc7)c6)cc5)cc4)C3)c2c#1. The summed E-state index contributed by atoms with van der Waals surface area (Å²) in [5.41, 5.74) is 44.7. The standard InChI is InChI=1S/C144H102N4O2/c1-2-30-95(31-3-1)103-32-24-33-104(90-103)98-68-79-112(80-69-98)145(114-85-74-101(75-86-114)117-40-4-6-45-122(117)129-52-28-54-131-127-50-14-22-62-141(127)149-143(129)131)113-81-70-99(71-82-113)106-35-26-39-111(92-106)121-44-10-18-58-136(121)148-139-61-21-13-49-126(139)133-94-108(78-89-140(133)148)97-66-64-96(65-67-97)105-34-25-37-109(91-105)119-42-8-16-56-134(119)146(116-87-76-102(77-88-116)118-41-5-7-46-123(118)130-53-29-55-132-128-51-15-23-63-142(128)150-144(130)132)115-83-72-100(73-84-115)107-36-27-38-110(93-107)120-43-9-17-57-135(120)147-137-59-19-11-47-124(137)125-48-12-20-60-138(125)147/h1-20,22-25,27-34,36-38,40-56,58-60,62-74,76-85,87-91,93-94,106,111,135H,26,35,39,57,75,86,92H2/t106-,111?,135?/m1/s1. The first-order valence-corrected chi connectivity index (χ1v) is 52.7. The first-order chi connectivity index (χ1) is 74.4. The minimum Gasteiger partial charge on any atom is -0.455 e. The zero-order chi connectivity index (χ0) is 99.1. The molecular weight excluding hydrogens is 1820 g/mol. The number of para-hydroxylation sites is 8. The van der Waals surface area contributed by atoms with Crippen molar-refractivity contribution in [1.29, 1.82) is 0 Å². The Morgan fingerprint density at radius 2 is 0.740 bits per heavy atom. The van der Waals surface area contributed by atoms with Crippen molar-refractivity contribution >= 4 is 127 Å². The van der Waals surface area contributed by atoms with Crippen molar-refractivity contribution in [2.45, 2.75) is 62.8 Å². The maximum absolute atomic E-state index is 6.68. The van der Waals surface area contributed by atoms with Gasteiger partial charge >= 0.3 is 0 Å². The highest BCUT2D eigenvalue weighted by Gasteiger charge is 2.32. The van der Waals surface area contributed by atoms with Crippen LogP contribution >= 0.6 is 0 Å². The second kappa shape index (κ2) is 38.0. The molecule has 25 aromatic rings. The molecule has 0 saturated heterocycles. The summed E-state index contributed by atoms with van der Waals surface area (Å²) in [5.74, 6) is 0.721. The highest BCUT2D eigenvalue weighted by Crippen LogP contribution is 2.52. The summed E-state index contributed by atoms with van der Waals surface area (Å²) in [7, 11) is 0. The number of aromatic nitrogens is 2. The lowest BCUT2D eigenvalue weighted by Gasteiger charge is -2.32. The van der Waals surface area contributed by atoms with Gasteiger partial charge in [0, 0.05) is 99.3 Å². The van der Waals surface area contributed by atoms with E-state index in [1.165, 1.54) is 99.8 Å². The lowest BCUT2D eigenvalue weighted by atomic mass is 9.75. The number of furan rings is 2. The molecular formula is C144H102N4O2. The van der Waals surface area contributed by atoms with Gasteiger partial charge in [0.1, 0.15) is 27.8 Å². The molecule has 3 aliphatic rings. The van der Waals surface area contributed by atoms with E-state index >= 15 is 0 Å². The Bertz CT molecular complexity index is 9630. The van der Waals surface area contributed by atoms with E-state index in [9.17, 15) is 0 Å². The molecule has 1 fully saturated rings. The second-order valence-corrected chi connectivity index (χ2v) is 40.4. The van der Waals surface area contributed by atoms with Crippen LogP contribution < -0.4 is 9.80 Å². The van der Waals surface area contributed by atoms with Gasteiger partial charge in [-0.2, -0.15) is 0 Å². The normalized spacial score (nSPS) is 14.7.